The van der Waals surface area contributed by atoms with E-state index in [4.69, 9.17) is 11.6 Å². The molecule has 1 unspecified atom stereocenters. The summed E-state index contributed by atoms with van der Waals surface area (Å²) in [6.45, 7) is 15.6. The second-order valence-corrected chi connectivity index (χ2v) is 6.11. The van der Waals surface area contributed by atoms with E-state index in [1.54, 1.807) is 0 Å². The van der Waals surface area contributed by atoms with Crippen molar-refractivity contribution in [1.82, 2.24) is 0 Å². The number of benzene rings is 1. The molecule has 0 amide bonds. The third-order valence-corrected chi connectivity index (χ3v) is 4.42. The van der Waals surface area contributed by atoms with Crippen molar-refractivity contribution in [2.45, 2.75) is 40.5 Å². The minimum Gasteiger partial charge on any atom is -0.0987 e. The smallest absolute Gasteiger partial charge is 0.0406 e. The molecular weight excluding hydrogens is 228 g/mol. The van der Waals surface area contributed by atoms with E-state index >= 15 is 0 Å². The molecule has 1 aromatic rings. The molecule has 0 nitrogen and oxygen atoms in total. The zero-order chi connectivity index (χ0) is 13.2. The summed E-state index contributed by atoms with van der Waals surface area (Å²) in [5.74, 6) is 0.953. The summed E-state index contributed by atoms with van der Waals surface area (Å²) in [6.07, 6.45) is 0. The van der Waals surface area contributed by atoms with Crippen LogP contribution in [0.1, 0.15) is 46.1 Å². The second-order valence-electron chi connectivity index (χ2n) is 5.67. The average Bonchev–Trinajstić information content (AvgIpc) is 2.27. The summed E-state index contributed by atoms with van der Waals surface area (Å²) in [5.41, 5.74) is 2.72. The summed E-state index contributed by atoms with van der Waals surface area (Å²) in [5, 5.41) is 0.787. The highest BCUT2D eigenvalue weighted by molar-refractivity contribution is 6.30. The second kappa shape index (κ2) is 5.27. The number of allylic oxidation sites excluding steroid dienone is 1. The molecule has 0 aliphatic heterocycles. The van der Waals surface area contributed by atoms with Gasteiger partial charge in [0.05, 0.1) is 0 Å². The normalized spacial score (nSPS) is 13.8. The lowest BCUT2D eigenvalue weighted by molar-refractivity contribution is 0.297. The third kappa shape index (κ3) is 3.13. The molecule has 0 aliphatic carbocycles. The maximum atomic E-state index is 5.91. The predicted octanol–water partition coefficient (Wildman–Crippen LogP) is 5.68. The Morgan fingerprint density at radius 2 is 1.59 bits per heavy atom. The van der Waals surface area contributed by atoms with Crippen LogP contribution in [0.2, 0.25) is 5.02 Å². The monoisotopic (exact) mass is 250 g/mol. The summed E-state index contributed by atoms with van der Waals surface area (Å²) >= 11 is 5.91. The molecule has 0 radical (unpaired) electrons. The van der Waals surface area contributed by atoms with Crippen molar-refractivity contribution in [3.05, 3.63) is 47.0 Å². The zero-order valence-corrected chi connectivity index (χ0v) is 12.3. The topological polar surface area (TPSA) is 0 Å². The van der Waals surface area contributed by atoms with Gasteiger partial charge < -0.3 is 0 Å². The van der Waals surface area contributed by atoms with Crippen molar-refractivity contribution < 1.29 is 0 Å². The molecular formula is C16H23Cl. The lowest BCUT2D eigenvalue weighted by atomic mass is 9.70. The van der Waals surface area contributed by atoms with Gasteiger partial charge in [-0.15, -0.1) is 0 Å². The standard InChI is InChI=1S/C16H23Cl/c1-11(2)16(5,6)13(4)12(3)14-7-9-15(17)10-8-14/h7-12H,4H2,1-3,5-6H3. The fourth-order valence-corrected chi connectivity index (χ4v) is 2.01. The molecule has 1 atom stereocenters. The predicted molar refractivity (Wildman–Crippen MR) is 77.6 cm³/mol. The van der Waals surface area contributed by atoms with Crippen LogP contribution in [0.25, 0.3) is 0 Å². The summed E-state index contributed by atoms with van der Waals surface area (Å²) in [7, 11) is 0. The Hall–Kier alpha value is -0.750. The van der Waals surface area contributed by atoms with Crippen molar-refractivity contribution in [2.75, 3.05) is 0 Å². The van der Waals surface area contributed by atoms with E-state index in [-0.39, 0.29) is 5.41 Å². The van der Waals surface area contributed by atoms with Crippen molar-refractivity contribution in [3.8, 4) is 0 Å². The van der Waals surface area contributed by atoms with Crippen molar-refractivity contribution in [2.24, 2.45) is 11.3 Å². The van der Waals surface area contributed by atoms with Gasteiger partial charge in [0.1, 0.15) is 0 Å². The Balaban J connectivity index is 2.94. The lowest BCUT2D eigenvalue weighted by Crippen LogP contribution is -2.24. The van der Waals surface area contributed by atoms with Gasteiger partial charge >= 0.3 is 0 Å². The zero-order valence-electron chi connectivity index (χ0n) is 11.5. The van der Waals surface area contributed by atoms with Crippen LogP contribution in [0, 0.1) is 11.3 Å². The Morgan fingerprint density at radius 1 is 1.12 bits per heavy atom. The fourth-order valence-electron chi connectivity index (χ4n) is 1.88. The quantitative estimate of drug-likeness (QED) is 0.603. The molecule has 0 bridgehead atoms. The van der Waals surface area contributed by atoms with E-state index in [1.165, 1.54) is 11.1 Å². The SMILES string of the molecule is C=C(C(C)c1ccc(Cl)cc1)C(C)(C)C(C)C. The average molecular weight is 251 g/mol. The highest BCUT2D eigenvalue weighted by Gasteiger charge is 2.29. The molecule has 0 aromatic heterocycles. The van der Waals surface area contributed by atoms with Gasteiger partial charge in [-0.1, -0.05) is 70.5 Å². The molecule has 0 heterocycles. The molecule has 17 heavy (non-hydrogen) atoms. The Morgan fingerprint density at radius 3 is 2.00 bits per heavy atom. The molecule has 1 heteroatoms. The van der Waals surface area contributed by atoms with Gasteiger partial charge in [0, 0.05) is 10.9 Å². The van der Waals surface area contributed by atoms with Crippen LogP contribution in [0.4, 0.5) is 0 Å². The van der Waals surface area contributed by atoms with E-state index in [9.17, 15) is 0 Å². The first-order valence-corrected chi connectivity index (χ1v) is 6.59. The van der Waals surface area contributed by atoms with Gasteiger partial charge in [-0.25, -0.2) is 0 Å². The van der Waals surface area contributed by atoms with Gasteiger partial charge in [-0.3, -0.25) is 0 Å². The van der Waals surface area contributed by atoms with Crippen LogP contribution < -0.4 is 0 Å². The van der Waals surface area contributed by atoms with E-state index in [0.717, 1.165) is 5.02 Å². The number of hydrogen-bond donors (Lipinski definition) is 0. The van der Waals surface area contributed by atoms with Crippen LogP contribution in [0.3, 0.4) is 0 Å². The third-order valence-electron chi connectivity index (χ3n) is 4.16. The van der Waals surface area contributed by atoms with Crippen molar-refractivity contribution in [1.29, 1.82) is 0 Å². The summed E-state index contributed by atoms with van der Waals surface area (Å²) in [4.78, 5) is 0. The van der Waals surface area contributed by atoms with Gasteiger partial charge in [0.25, 0.3) is 0 Å². The number of halogens is 1. The minimum absolute atomic E-state index is 0.152. The molecule has 1 rings (SSSR count). The van der Waals surface area contributed by atoms with E-state index in [1.807, 2.05) is 12.1 Å². The molecule has 0 saturated carbocycles. The summed E-state index contributed by atoms with van der Waals surface area (Å²) < 4.78 is 0. The van der Waals surface area contributed by atoms with Crippen LogP contribution >= 0.6 is 11.6 Å². The first-order valence-electron chi connectivity index (χ1n) is 6.21. The highest BCUT2D eigenvalue weighted by atomic mass is 35.5. The van der Waals surface area contributed by atoms with Crippen molar-refractivity contribution in [3.63, 3.8) is 0 Å². The maximum Gasteiger partial charge on any atom is 0.0406 e. The van der Waals surface area contributed by atoms with Crippen molar-refractivity contribution >= 4 is 11.6 Å². The molecule has 0 fully saturated rings. The van der Waals surface area contributed by atoms with Gasteiger partial charge in [-0.05, 0) is 29.0 Å². The number of hydrogen-bond acceptors (Lipinski definition) is 0. The number of rotatable bonds is 4. The Bertz CT molecular complexity index is 384. The molecule has 0 spiro atoms. The molecule has 0 aliphatic rings. The van der Waals surface area contributed by atoms with Gasteiger partial charge in [0.2, 0.25) is 0 Å². The van der Waals surface area contributed by atoms with Crippen LogP contribution in [0.5, 0.6) is 0 Å². The van der Waals surface area contributed by atoms with E-state index in [0.29, 0.717) is 11.8 Å². The largest absolute Gasteiger partial charge is 0.0987 e. The molecule has 1 aromatic carbocycles. The molecule has 0 N–H and O–H groups in total. The van der Waals surface area contributed by atoms with Gasteiger partial charge in [-0.2, -0.15) is 0 Å². The fraction of sp³-hybridized carbons (Fsp3) is 0.500. The molecule has 94 valence electrons. The Kier molecular flexibility index (Phi) is 4.43. The first-order chi connectivity index (χ1) is 7.76. The van der Waals surface area contributed by atoms with Gasteiger partial charge in [0.15, 0.2) is 0 Å². The molecule has 0 saturated heterocycles. The van der Waals surface area contributed by atoms with Crippen LogP contribution in [-0.4, -0.2) is 0 Å². The Labute approximate surface area is 111 Å². The minimum atomic E-state index is 0.152. The van der Waals surface area contributed by atoms with Crippen LogP contribution in [0.15, 0.2) is 36.4 Å². The maximum absolute atomic E-state index is 5.91. The first kappa shape index (κ1) is 14.3. The lowest BCUT2D eigenvalue weighted by Gasteiger charge is -2.35. The summed E-state index contributed by atoms with van der Waals surface area (Å²) in [6, 6.07) is 8.08. The van der Waals surface area contributed by atoms with E-state index in [2.05, 4.69) is 53.3 Å². The van der Waals surface area contributed by atoms with Crippen LogP contribution in [-0.2, 0) is 0 Å². The highest BCUT2D eigenvalue weighted by Crippen LogP contribution is 2.41. The van der Waals surface area contributed by atoms with E-state index < -0.39 is 0 Å².